The zero-order valence-electron chi connectivity index (χ0n) is 10.9. The van der Waals surface area contributed by atoms with Gasteiger partial charge in [-0.25, -0.2) is 0 Å². The molecule has 0 fully saturated rings. The van der Waals surface area contributed by atoms with Crippen LogP contribution in [0.2, 0.25) is 0 Å². The molecule has 1 amide bonds. The van der Waals surface area contributed by atoms with Crippen molar-refractivity contribution in [3.8, 4) is 11.8 Å². The summed E-state index contributed by atoms with van der Waals surface area (Å²) in [5, 5.41) is 11.7. The molecule has 0 spiro atoms. The quantitative estimate of drug-likeness (QED) is 0.883. The normalized spacial score (nSPS) is 10.6. The van der Waals surface area contributed by atoms with Crippen LogP contribution in [0.25, 0.3) is 0 Å². The Hall–Kier alpha value is -2.06. The van der Waals surface area contributed by atoms with Crippen molar-refractivity contribution in [1.29, 1.82) is 5.26 Å². The Morgan fingerprint density at radius 1 is 1.39 bits per heavy atom. The number of hydrogen-bond donors (Lipinski definition) is 1. The van der Waals surface area contributed by atoms with Gasteiger partial charge in [0.05, 0.1) is 12.7 Å². The van der Waals surface area contributed by atoms with E-state index in [4.69, 9.17) is 14.7 Å². The van der Waals surface area contributed by atoms with Crippen molar-refractivity contribution in [2.24, 2.45) is 0 Å². The number of ether oxygens (including phenoxy) is 2. The minimum absolute atomic E-state index is 0.342. The van der Waals surface area contributed by atoms with Crippen LogP contribution in [0.1, 0.15) is 19.4 Å². The van der Waals surface area contributed by atoms with Gasteiger partial charge in [0.15, 0.2) is 0 Å². The highest BCUT2D eigenvalue weighted by Crippen LogP contribution is 2.28. The molecule has 0 aliphatic rings. The monoisotopic (exact) mass is 248 g/mol. The number of para-hydroxylation sites is 1. The molecule has 0 bridgehead atoms. The minimum atomic E-state index is -0.979. The fourth-order valence-electron chi connectivity index (χ4n) is 1.28. The summed E-state index contributed by atoms with van der Waals surface area (Å²) in [6, 6.07) is 6.98. The van der Waals surface area contributed by atoms with E-state index in [9.17, 15) is 4.79 Å². The van der Waals surface area contributed by atoms with Crippen molar-refractivity contribution in [1.82, 2.24) is 0 Å². The van der Waals surface area contributed by atoms with E-state index in [1.807, 2.05) is 6.07 Å². The Labute approximate surface area is 106 Å². The fourth-order valence-corrected chi connectivity index (χ4v) is 1.28. The highest BCUT2D eigenvalue weighted by Gasteiger charge is 2.28. The number of anilines is 1. The number of nitrogens with zero attached hydrogens (tertiary/aromatic N) is 1. The number of methoxy groups -OCH3 is 2. The second-order valence-corrected chi connectivity index (χ2v) is 4.16. The first-order valence-corrected chi connectivity index (χ1v) is 5.40. The summed E-state index contributed by atoms with van der Waals surface area (Å²) in [5.74, 6) is 0.0975. The third kappa shape index (κ3) is 2.79. The summed E-state index contributed by atoms with van der Waals surface area (Å²) in [4.78, 5) is 12.0. The van der Waals surface area contributed by atoms with Crippen molar-refractivity contribution in [3.05, 3.63) is 23.8 Å². The third-order valence-electron chi connectivity index (χ3n) is 2.66. The molecular weight excluding hydrogens is 232 g/mol. The van der Waals surface area contributed by atoms with Gasteiger partial charge in [0.25, 0.3) is 5.91 Å². The Morgan fingerprint density at radius 3 is 2.56 bits per heavy atom. The summed E-state index contributed by atoms with van der Waals surface area (Å²) in [6.07, 6.45) is 0. The second-order valence-electron chi connectivity index (χ2n) is 4.16. The first kappa shape index (κ1) is 14.0. The van der Waals surface area contributed by atoms with Crippen molar-refractivity contribution in [3.63, 3.8) is 0 Å². The van der Waals surface area contributed by atoms with Crippen LogP contribution in [0.3, 0.4) is 0 Å². The van der Waals surface area contributed by atoms with E-state index in [2.05, 4.69) is 5.32 Å². The van der Waals surface area contributed by atoms with Crippen molar-refractivity contribution >= 4 is 11.6 Å². The number of rotatable bonds is 4. The lowest BCUT2D eigenvalue weighted by Gasteiger charge is -2.22. The molecule has 96 valence electrons. The van der Waals surface area contributed by atoms with Crippen LogP contribution in [0.15, 0.2) is 18.2 Å². The van der Waals surface area contributed by atoms with Crippen LogP contribution >= 0.6 is 0 Å². The molecule has 1 N–H and O–H groups in total. The molecule has 0 aromatic heterocycles. The zero-order chi connectivity index (χ0) is 13.8. The Morgan fingerprint density at radius 2 is 2.06 bits per heavy atom. The average Bonchev–Trinajstić information content (AvgIpc) is 2.38. The molecular formula is C13H16N2O3. The van der Waals surface area contributed by atoms with Crippen LogP contribution < -0.4 is 10.1 Å². The van der Waals surface area contributed by atoms with Gasteiger partial charge >= 0.3 is 0 Å². The molecule has 0 unspecified atom stereocenters. The van der Waals surface area contributed by atoms with Gasteiger partial charge in [-0.1, -0.05) is 6.07 Å². The van der Waals surface area contributed by atoms with Crippen molar-refractivity contribution < 1.29 is 14.3 Å². The van der Waals surface area contributed by atoms with Crippen molar-refractivity contribution in [2.75, 3.05) is 19.5 Å². The van der Waals surface area contributed by atoms with E-state index < -0.39 is 5.60 Å². The molecule has 0 saturated carbocycles. The topological polar surface area (TPSA) is 71.3 Å². The molecule has 0 aliphatic carbocycles. The molecule has 0 saturated heterocycles. The standard InChI is InChI=1S/C13H16N2O3/c1-13(2,18-4)12(16)15-11-9(8-14)6-5-7-10(11)17-3/h5-7H,1-4H3,(H,15,16). The molecule has 1 aromatic rings. The van der Waals surface area contributed by atoms with Crippen molar-refractivity contribution in [2.45, 2.75) is 19.4 Å². The number of amides is 1. The SMILES string of the molecule is COc1cccc(C#N)c1NC(=O)C(C)(C)OC. The molecule has 0 radical (unpaired) electrons. The summed E-state index contributed by atoms with van der Waals surface area (Å²) in [5.41, 5.74) is -0.277. The summed E-state index contributed by atoms with van der Waals surface area (Å²) >= 11 is 0. The van der Waals surface area contributed by atoms with E-state index >= 15 is 0 Å². The molecule has 18 heavy (non-hydrogen) atoms. The summed E-state index contributed by atoms with van der Waals surface area (Å²) in [7, 11) is 2.93. The lowest BCUT2D eigenvalue weighted by molar-refractivity contribution is -0.133. The molecule has 0 heterocycles. The van der Waals surface area contributed by atoms with E-state index in [-0.39, 0.29) is 5.91 Å². The highest BCUT2D eigenvalue weighted by atomic mass is 16.5. The predicted molar refractivity (Wildman–Crippen MR) is 67.4 cm³/mol. The number of benzene rings is 1. The molecule has 1 rings (SSSR count). The number of carbonyl (C=O) groups is 1. The number of nitriles is 1. The second kappa shape index (κ2) is 5.52. The largest absolute Gasteiger partial charge is 0.495 e. The Balaban J connectivity index is 3.11. The van der Waals surface area contributed by atoms with Crippen LogP contribution in [0, 0.1) is 11.3 Å². The molecule has 0 atom stereocenters. The molecule has 5 nitrogen and oxygen atoms in total. The van der Waals surface area contributed by atoms with E-state index in [0.717, 1.165) is 0 Å². The van der Waals surface area contributed by atoms with Gasteiger partial charge in [-0.2, -0.15) is 5.26 Å². The number of carbonyl (C=O) groups excluding carboxylic acids is 1. The van der Waals surface area contributed by atoms with Crippen LogP contribution in [-0.2, 0) is 9.53 Å². The van der Waals surface area contributed by atoms with E-state index in [1.165, 1.54) is 14.2 Å². The van der Waals surface area contributed by atoms with Gasteiger partial charge in [0.2, 0.25) is 0 Å². The Kier molecular flexibility index (Phi) is 4.29. The average molecular weight is 248 g/mol. The van der Waals surface area contributed by atoms with Gasteiger partial charge in [-0.15, -0.1) is 0 Å². The Bertz CT molecular complexity index is 489. The van der Waals surface area contributed by atoms with Gasteiger partial charge < -0.3 is 14.8 Å². The van der Waals surface area contributed by atoms with E-state index in [1.54, 1.807) is 32.0 Å². The van der Waals surface area contributed by atoms with Gasteiger partial charge in [0, 0.05) is 7.11 Å². The predicted octanol–water partition coefficient (Wildman–Crippen LogP) is 1.93. The van der Waals surface area contributed by atoms with E-state index in [0.29, 0.717) is 17.0 Å². The van der Waals surface area contributed by atoms with Gasteiger partial charge in [-0.05, 0) is 26.0 Å². The van der Waals surface area contributed by atoms with Gasteiger partial charge in [0.1, 0.15) is 23.1 Å². The molecule has 5 heteroatoms. The maximum absolute atomic E-state index is 12.0. The van der Waals surface area contributed by atoms with Crippen LogP contribution in [0.4, 0.5) is 5.69 Å². The molecule has 0 aliphatic heterocycles. The summed E-state index contributed by atoms with van der Waals surface area (Å²) in [6.45, 7) is 3.29. The maximum atomic E-state index is 12.0. The zero-order valence-corrected chi connectivity index (χ0v) is 10.9. The first-order valence-electron chi connectivity index (χ1n) is 5.40. The maximum Gasteiger partial charge on any atom is 0.256 e. The number of hydrogen-bond acceptors (Lipinski definition) is 4. The first-order chi connectivity index (χ1) is 8.46. The van der Waals surface area contributed by atoms with Gasteiger partial charge in [-0.3, -0.25) is 4.79 Å². The number of nitrogens with one attached hydrogen (secondary N) is 1. The summed E-state index contributed by atoms with van der Waals surface area (Å²) < 4.78 is 10.2. The lowest BCUT2D eigenvalue weighted by atomic mass is 10.1. The fraction of sp³-hybridized carbons (Fsp3) is 0.385. The van der Waals surface area contributed by atoms with Crippen LogP contribution in [-0.4, -0.2) is 25.7 Å². The smallest absolute Gasteiger partial charge is 0.256 e. The minimum Gasteiger partial charge on any atom is -0.495 e. The third-order valence-corrected chi connectivity index (χ3v) is 2.66. The molecule has 1 aromatic carbocycles. The lowest BCUT2D eigenvalue weighted by Crippen LogP contribution is -2.39. The van der Waals surface area contributed by atoms with Crippen LogP contribution in [0.5, 0.6) is 5.75 Å². The highest BCUT2D eigenvalue weighted by molar-refractivity contribution is 5.99.